The highest BCUT2D eigenvalue weighted by Gasteiger charge is 2.10. The van der Waals surface area contributed by atoms with Gasteiger partial charge in [0.25, 0.3) is 5.91 Å². The number of rotatable bonds is 4. The number of amides is 1. The molecule has 0 aliphatic carbocycles. The summed E-state index contributed by atoms with van der Waals surface area (Å²) in [5.74, 6) is -0.706. The number of nitrogen functional groups attached to an aromatic ring is 1. The lowest BCUT2D eigenvalue weighted by Crippen LogP contribution is -2.22. The van der Waals surface area contributed by atoms with Gasteiger partial charge in [-0.25, -0.2) is 4.39 Å². The number of carbonyl (C=O) groups excluding carboxylic acids is 1. The fraction of sp³-hybridized carbons (Fsp3) is 0.133. The molecule has 2 aromatic rings. The molecule has 2 rings (SSSR count). The van der Waals surface area contributed by atoms with Crippen molar-refractivity contribution in [2.45, 2.75) is 6.92 Å². The van der Waals surface area contributed by atoms with Crippen LogP contribution in [0.2, 0.25) is 5.02 Å². The average Bonchev–Trinajstić information content (AvgIpc) is 2.44. The summed E-state index contributed by atoms with van der Waals surface area (Å²) >= 11 is 5.71. The third-order valence-electron chi connectivity index (χ3n) is 2.85. The van der Waals surface area contributed by atoms with E-state index in [2.05, 4.69) is 10.6 Å². The summed E-state index contributed by atoms with van der Waals surface area (Å²) in [4.78, 5) is 11.8. The van der Waals surface area contributed by atoms with Gasteiger partial charge in [-0.2, -0.15) is 0 Å². The van der Waals surface area contributed by atoms with Gasteiger partial charge in [-0.1, -0.05) is 11.6 Å². The molecule has 6 heteroatoms. The molecule has 0 atom stereocenters. The van der Waals surface area contributed by atoms with Crippen molar-refractivity contribution in [2.24, 2.45) is 0 Å². The molecule has 2 aromatic carbocycles. The Kier molecular flexibility index (Phi) is 4.65. The van der Waals surface area contributed by atoms with Crippen LogP contribution in [0.1, 0.15) is 17.3 Å². The largest absolute Gasteiger partial charge is 0.397 e. The molecule has 0 aliphatic rings. The van der Waals surface area contributed by atoms with Gasteiger partial charge in [0.1, 0.15) is 5.82 Å². The molecule has 0 radical (unpaired) electrons. The lowest BCUT2D eigenvalue weighted by atomic mass is 10.1. The topological polar surface area (TPSA) is 67.2 Å². The number of hydrogen-bond acceptors (Lipinski definition) is 3. The van der Waals surface area contributed by atoms with Gasteiger partial charge >= 0.3 is 0 Å². The van der Waals surface area contributed by atoms with Gasteiger partial charge in [-0.3, -0.25) is 4.79 Å². The van der Waals surface area contributed by atoms with Gasteiger partial charge in [0.2, 0.25) is 0 Å². The van der Waals surface area contributed by atoms with Gasteiger partial charge in [-0.15, -0.1) is 0 Å². The second-order valence-electron chi connectivity index (χ2n) is 4.41. The smallest absolute Gasteiger partial charge is 0.251 e. The minimum Gasteiger partial charge on any atom is -0.397 e. The van der Waals surface area contributed by atoms with Crippen LogP contribution in [0.25, 0.3) is 0 Å². The van der Waals surface area contributed by atoms with Crippen molar-refractivity contribution in [3.8, 4) is 0 Å². The van der Waals surface area contributed by atoms with Crippen molar-refractivity contribution in [2.75, 3.05) is 17.6 Å². The Morgan fingerprint density at radius 2 is 2.00 bits per heavy atom. The van der Waals surface area contributed by atoms with E-state index >= 15 is 0 Å². The summed E-state index contributed by atoms with van der Waals surface area (Å²) in [5, 5.41) is 5.87. The monoisotopic (exact) mass is 307 g/mol. The van der Waals surface area contributed by atoms with Gasteiger partial charge in [0.15, 0.2) is 0 Å². The third-order valence-corrected chi connectivity index (χ3v) is 3.09. The summed E-state index contributed by atoms with van der Waals surface area (Å²) in [7, 11) is 0. The average molecular weight is 308 g/mol. The summed E-state index contributed by atoms with van der Waals surface area (Å²) in [6.07, 6.45) is 0. The predicted octanol–water partition coefficient (Wildman–Crippen LogP) is 3.55. The zero-order chi connectivity index (χ0) is 15.4. The quantitative estimate of drug-likeness (QED) is 0.757. The van der Waals surface area contributed by atoms with Crippen LogP contribution in [0, 0.1) is 5.82 Å². The van der Waals surface area contributed by atoms with E-state index in [1.807, 2.05) is 6.92 Å². The highest BCUT2D eigenvalue weighted by Crippen LogP contribution is 2.27. The molecular weight excluding hydrogens is 293 g/mol. The molecule has 0 aromatic heterocycles. The lowest BCUT2D eigenvalue weighted by molar-refractivity contribution is 0.0956. The minimum absolute atomic E-state index is 0.211. The van der Waals surface area contributed by atoms with E-state index in [0.717, 1.165) is 0 Å². The third kappa shape index (κ3) is 3.64. The van der Waals surface area contributed by atoms with E-state index in [1.54, 1.807) is 24.3 Å². The summed E-state index contributed by atoms with van der Waals surface area (Å²) < 4.78 is 13.8. The van der Waals surface area contributed by atoms with Crippen molar-refractivity contribution in [1.29, 1.82) is 0 Å². The van der Waals surface area contributed by atoms with Crippen molar-refractivity contribution < 1.29 is 9.18 Å². The first-order valence-corrected chi connectivity index (χ1v) is 6.79. The molecule has 0 saturated heterocycles. The summed E-state index contributed by atoms with van der Waals surface area (Å²) in [6.45, 7) is 2.36. The zero-order valence-electron chi connectivity index (χ0n) is 11.4. The van der Waals surface area contributed by atoms with E-state index in [-0.39, 0.29) is 11.6 Å². The maximum absolute atomic E-state index is 13.8. The molecule has 0 fully saturated rings. The number of halogens is 2. The van der Waals surface area contributed by atoms with Crippen molar-refractivity contribution in [3.63, 3.8) is 0 Å². The van der Waals surface area contributed by atoms with Gasteiger partial charge in [0.05, 0.1) is 17.1 Å². The first-order valence-electron chi connectivity index (χ1n) is 6.41. The molecule has 0 aliphatic heterocycles. The Bertz CT molecular complexity index is 676. The predicted molar refractivity (Wildman–Crippen MR) is 83.6 cm³/mol. The standard InChI is InChI=1S/C15H15ClFN3O/c1-2-19-15(21)9-3-5-12(18)14(7-9)20-13-6-4-10(16)8-11(13)17/h3-8,20H,2,18H2,1H3,(H,19,21). The van der Waals surface area contributed by atoms with Crippen LogP contribution in [0.15, 0.2) is 36.4 Å². The summed E-state index contributed by atoms with van der Waals surface area (Å²) in [6, 6.07) is 9.07. The van der Waals surface area contributed by atoms with Crippen LogP contribution in [0.4, 0.5) is 21.5 Å². The SMILES string of the molecule is CCNC(=O)c1ccc(N)c(Nc2ccc(Cl)cc2F)c1. The van der Waals surface area contributed by atoms with Gasteiger partial charge in [-0.05, 0) is 43.3 Å². The van der Waals surface area contributed by atoms with Crippen LogP contribution in [0.3, 0.4) is 0 Å². The zero-order valence-corrected chi connectivity index (χ0v) is 12.2. The van der Waals surface area contributed by atoms with E-state index in [9.17, 15) is 9.18 Å². The van der Waals surface area contributed by atoms with Crippen LogP contribution in [-0.2, 0) is 0 Å². The number of hydrogen-bond donors (Lipinski definition) is 3. The Morgan fingerprint density at radius 3 is 2.67 bits per heavy atom. The Balaban J connectivity index is 2.30. The number of carbonyl (C=O) groups is 1. The molecule has 0 saturated carbocycles. The highest BCUT2D eigenvalue weighted by molar-refractivity contribution is 6.30. The minimum atomic E-state index is -0.495. The van der Waals surface area contributed by atoms with Gasteiger partial charge < -0.3 is 16.4 Å². The Labute approximate surface area is 127 Å². The van der Waals surface area contributed by atoms with Crippen molar-refractivity contribution >= 4 is 34.6 Å². The normalized spacial score (nSPS) is 10.2. The van der Waals surface area contributed by atoms with E-state index < -0.39 is 5.82 Å². The number of nitrogens with two attached hydrogens (primary N) is 1. The first-order chi connectivity index (χ1) is 10.0. The molecule has 0 unspecified atom stereocenters. The maximum Gasteiger partial charge on any atom is 0.251 e. The second-order valence-corrected chi connectivity index (χ2v) is 4.85. The highest BCUT2D eigenvalue weighted by atomic mass is 35.5. The van der Waals surface area contributed by atoms with E-state index in [4.69, 9.17) is 17.3 Å². The van der Waals surface area contributed by atoms with E-state index in [1.165, 1.54) is 12.1 Å². The molecule has 21 heavy (non-hydrogen) atoms. The first kappa shape index (κ1) is 15.1. The molecule has 0 bridgehead atoms. The fourth-order valence-corrected chi connectivity index (χ4v) is 1.96. The molecule has 0 heterocycles. The van der Waals surface area contributed by atoms with Crippen molar-refractivity contribution in [1.82, 2.24) is 5.32 Å². The number of anilines is 3. The van der Waals surface area contributed by atoms with Crippen LogP contribution in [-0.4, -0.2) is 12.5 Å². The Hall–Kier alpha value is -2.27. The number of nitrogens with one attached hydrogen (secondary N) is 2. The molecule has 4 nitrogen and oxygen atoms in total. The van der Waals surface area contributed by atoms with E-state index in [0.29, 0.717) is 28.5 Å². The van der Waals surface area contributed by atoms with Crippen LogP contribution >= 0.6 is 11.6 Å². The molecule has 4 N–H and O–H groups in total. The lowest BCUT2D eigenvalue weighted by Gasteiger charge is -2.12. The van der Waals surface area contributed by atoms with Crippen LogP contribution in [0.5, 0.6) is 0 Å². The fourth-order valence-electron chi connectivity index (χ4n) is 1.80. The van der Waals surface area contributed by atoms with Gasteiger partial charge in [0, 0.05) is 17.1 Å². The van der Waals surface area contributed by atoms with Crippen LogP contribution < -0.4 is 16.4 Å². The molecule has 1 amide bonds. The second kappa shape index (κ2) is 6.45. The molecular formula is C15H15ClFN3O. The maximum atomic E-state index is 13.8. The molecule has 110 valence electrons. The summed E-state index contributed by atoms with van der Waals surface area (Å²) in [5.41, 5.74) is 7.40. The van der Waals surface area contributed by atoms with Crippen molar-refractivity contribution in [3.05, 3.63) is 52.8 Å². The Morgan fingerprint density at radius 1 is 1.24 bits per heavy atom. The molecule has 0 spiro atoms. The number of benzene rings is 2.